The van der Waals surface area contributed by atoms with Crippen LogP contribution in [0.2, 0.25) is 0 Å². The van der Waals surface area contributed by atoms with Crippen LogP contribution in [0.25, 0.3) is 11.1 Å². The summed E-state index contributed by atoms with van der Waals surface area (Å²) in [6, 6.07) is 20.2. The minimum Gasteiger partial charge on any atom is -0.507 e. The predicted octanol–water partition coefficient (Wildman–Crippen LogP) is 7.18. The van der Waals surface area contributed by atoms with E-state index in [4.69, 9.17) is 0 Å². The highest BCUT2D eigenvalue weighted by atomic mass is 32.3. The number of anilines is 1. The summed E-state index contributed by atoms with van der Waals surface area (Å²) >= 11 is 0. The Hall–Kier alpha value is -2.84. The fourth-order valence-electron chi connectivity index (χ4n) is 5.72. The second-order valence-corrected chi connectivity index (χ2v) is 11.6. The average Bonchev–Trinajstić information content (AvgIpc) is 3.11. The zero-order chi connectivity index (χ0) is 25.5. The summed E-state index contributed by atoms with van der Waals surface area (Å²) in [6.07, 6.45) is 4.16. The third-order valence-corrected chi connectivity index (χ3v) is 9.13. The lowest BCUT2D eigenvalue weighted by Crippen LogP contribution is -2.55. The second kappa shape index (κ2) is 9.56. The standard InChI is InChI=1S/C29H33FN2O3S/c1-3-23-7-4-5-10-26(23)27-17-22(11-12-28(27)33)20-31-15-13-29(19-21(31)2)14-16-36(34,35)32(29)25-9-6-8-24(30)18-25/h4-12,14,16-18,21,33-35H,3,13,15,19-20H2,1-2H3/t21-,29-/m0/s1. The fraction of sp³-hybridized carbons (Fsp3) is 0.310. The highest BCUT2D eigenvalue weighted by molar-refractivity contribution is 8.28. The van der Waals surface area contributed by atoms with Crippen molar-refractivity contribution < 1.29 is 18.6 Å². The highest BCUT2D eigenvalue weighted by Crippen LogP contribution is 2.60. The molecule has 1 spiro atoms. The Bertz CT molecular complexity index is 1300. The van der Waals surface area contributed by atoms with E-state index < -0.39 is 22.1 Å². The number of halogens is 1. The van der Waals surface area contributed by atoms with Gasteiger partial charge >= 0.3 is 0 Å². The van der Waals surface area contributed by atoms with Crippen LogP contribution in [0.1, 0.15) is 37.8 Å². The van der Waals surface area contributed by atoms with Crippen LogP contribution in [0.5, 0.6) is 5.75 Å². The van der Waals surface area contributed by atoms with Crippen LogP contribution in [-0.4, -0.2) is 37.2 Å². The lowest BCUT2D eigenvalue weighted by atomic mass is 9.83. The van der Waals surface area contributed by atoms with Crippen LogP contribution in [0.3, 0.4) is 0 Å². The van der Waals surface area contributed by atoms with Gasteiger partial charge in [-0.3, -0.25) is 18.3 Å². The number of phenols is 1. The Labute approximate surface area is 214 Å². The zero-order valence-electron chi connectivity index (χ0n) is 20.6. The molecule has 1 fully saturated rings. The summed E-state index contributed by atoms with van der Waals surface area (Å²) in [5.41, 5.74) is 4.11. The number of piperidine rings is 1. The molecule has 0 saturated carbocycles. The zero-order valence-corrected chi connectivity index (χ0v) is 21.5. The van der Waals surface area contributed by atoms with Crippen molar-refractivity contribution in [1.82, 2.24) is 4.90 Å². The molecule has 36 heavy (non-hydrogen) atoms. The molecule has 3 aromatic rings. The van der Waals surface area contributed by atoms with Crippen LogP contribution < -0.4 is 4.31 Å². The topological polar surface area (TPSA) is 67.2 Å². The minimum atomic E-state index is -3.17. The first-order valence-corrected chi connectivity index (χ1v) is 14.0. The molecule has 7 heteroatoms. The Morgan fingerprint density at radius 2 is 1.83 bits per heavy atom. The normalized spacial score (nSPS) is 24.4. The summed E-state index contributed by atoms with van der Waals surface area (Å²) in [6.45, 7) is 5.73. The summed E-state index contributed by atoms with van der Waals surface area (Å²) in [5.74, 6) is -0.125. The van der Waals surface area contributed by atoms with E-state index in [0.29, 0.717) is 18.5 Å². The van der Waals surface area contributed by atoms with Crippen LogP contribution >= 0.6 is 10.8 Å². The number of phenolic OH excluding ortho intramolecular Hbond substituents is 1. The minimum absolute atomic E-state index is 0.146. The van der Waals surface area contributed by atoms with Gasteiger partial charge in [0.2, 0.25) is 0 Å². The molecule has 0 radical (unpaired) electrons. The van der Waals surface area contributed by atoms with E-state index in [9.17, 15) is 18.6 Å². The van der Waals surface area contributed by atoms with Gasteiger partial charge in [-0.25, -0.2) is 4.39 Å². The highest BCUT2D eigenvalue weighted by Gasteiger charge is 2.49. The van der Waals surface area contributed by atoms with Gasteiger partial charge in [0.1, 0.15) is 11.6 Å². The summed E-state index contributed by atoms with van der Waals surface area (Å²) in [4.78, 5) is 2.38. The van der Waals surface area contributed by atoms with Crippen molar-refractivity contribution in [3.8, 4) is 16.9 Å². The third kappa shape index (κ3) is 4.52. The van der Waals surface area contributed by atoms with Gasteiger partial charge < -0.3 is 5.11 Å². The molecule has 3 aromatic carbocycles. The van der Waals surface area contributed by atoms with Gasteiger partial charge in [-0.2, -0.15) is 0 Å². The maximum atomic E-state index is 14.0. The molecular weight excluding hydrogens is 475 g/mol. The smallest absolute Gasteiger partial charge is 0.125 e. The molecule has 3 N–H and O–H groups in total. The van der Waals surface area contributed by atoms with Gasteiger partial charge in [0.15, 0.2) is 0 Å². The van der Waals surface area contributed by atoms with Gasteiger partial charge in [0, 0.05) is 30.1 Å². The third-order valence-electron chi connectivity index (χ3n) is 7.52. The Balaban J connectivity index is 1.38. The number of hydrogen-bond acceptors (Lipinski definition) is 5. The van der Waals surface area contributed by atoms with Crippen LogP contribution in [0.4, 0.5) is 10.1 Å². The lowest BCUT2D eigenvalue weighted by molar-refractivity contribution is 0.119. The average molecular weight is 509 g/mol. The molecule has 2 aliphatic heterocycles. The van der Waals surface area contributed by atoms with Gasteiger partial charge in [-0.1, -0.05) is 54.1 Å². The van der Waals surface area contributed by atoms with Gasteiger partial charge in [0.25, 0.3) is 0 Å². The molecule has 2 atom stereocenters. The van der Waals surface area contributed by atoms with E-state index in [1.165, 1.54) is 23.1 Å². The molecule has 2 aliphatic rings. The van der Waals surface area contributed by atoms with Crippen molar-refractivity contribution in [2.24, 2.45) is 0 Å². The van der Waals surface area contributed by atoms with E-state index >= 15 is 0 Å². The van der Waals surface area contributed by atoms with E-state index in [2.05, 4.69) is 36.9 Å². The quantitative estimate of drug-likeness (QED) is 0.341. The van der Waals surface area contributed by atoms with Gasteiger partial charge in [0.05, 0.1) is 11.2 Å². The number of likely N-dealkylation sites (tertiary alicyclic amines) is 1. The monoisotopic (exact) mass is 508 g/mol. The van der Waals surface area contributed by atoms with Crippen molar-refractivity contribution in [2.75, 3.05) is 10.8 Å². The van der Waals surface area contributed by atoms with E-state index in [-0.39, 0.29) is 11.8 Å². The molecule has 190 valence electrons. The molecule has 0 aliphatic carbocycles. The molecule has 0 bridgehead atoms. The first kappa shape index (κ1) is 24.8. The van der Waals surface area contributed by atoms with Crippen molar-refractivity contribution in [1.29, 1.82) is 0 Å². The van der Waals surface area contributed by atoms with E-state index in [0.717, 1.165) is 36.2 Å². The van der Waals surface area contributed by atoms with E-state index in [1.807, 2.05) is 24.3 Å². The summed E-state index contributed by atoms with van der Waals surface area (Å²) in [5, 5.41) is 12.1. The first-order valence-electron chi connectivity index (χ1n) is 12.4. The number of rotatable bonds is 5. The molecule has 0 unspecified atom stereocenters. The molecule has 5 nitrogen and oxygen atoms in total. The predicted molar refractivity (Wildman–Crippen MR) is 146 cm³/mol. The number of aromatic hydroxyl groups is 1. The fourth-order valence-corrected chi connectivity index (χ4v) is 7.47. The maximum absolute atomic E-state index is 14.0. The SMILES string of the molecule is CCc1ccccc1-c1cc(CN2CC[C@]3(C=CS(O)(O)N3c3cccc(F)c3)C[C@@H]2C)ccc1O. The summed E-state index contributed by atoms with van der Waals surface area (Å²) in [7, 11) is -3.17. The second-order valence-electron chi connectivity index (χ2n) is 9.88. The maximum Gasteiger partial charge on any atom is 0.125 e. The number of nitrogens with zero attached hydrogens (tertiary/aromatic N) is 2. The molecule has 1 saturated heterocycles. The molecule has 0 aromatic heterocycles. The van der Waals surface area contributed by atoms with Crippen molar-refractivity contribution in [3.05, 3.63) is 95.2 Å². The Morgan fingerprint density at radius 3 is 2.58 bits per heavy atom. The van der Waals surface area contributed by atoms with Gasteiger partial charge in [-0.05, 0) is 79.3 Å². The van der Waals surface area contributed by atoms with Crippen LogP contribution in [0, 0.1) is 5.82 Å². The number of aryl methyl sites for hydroxylation is 1. The number of benzene rings is 3. The molecule has 2 heterocycles. The largest absolute Gasteiger partial charge is 0.507 e. The Morgan fingerprint density at radius 1 is 1.03 bits per heavy atom. The Kier molecular flexibility index (Phi) is 6.59. The van der Waals surface area contributed by atoms with Crippen LogP contribution in [0.15, 0.2) is 78.2 Å². The summed E-state index contributed by atoms with van der Waals surface area (Å²) < 4.78 is 37.3. The van der Waals surface area contributed by atoms with E-state index in [1.54, 1.807) is 22.5 Å². The number of hydrogen-bond donors (Lipinski definition) is 3. The van der Waals surface area contributed by atoms with Crippen molar-refractivity contribution >= 4 is 16.5 Å². The van der Waals surface area contributed by atoms with Crippen LogP contribution in [-0.2, 0) is 13.0 Å². The molecule has 0 amide bonds. The lowest BCUT2D eigenvalue weighted by Gasteiger charge is -2.52. The molecular formula is C29H33FN2O3S. The van der Waals surface area contributed by atoms with Gasteiger partial charge in [-0.15, -0.1) is 0 Å². The first-order chi connectivity index (χ1) is 17.2. The molecule has 5 rings (SSSR count). The van der Waals surface area contributed by atoms with Crippen molar-refractivity contribution in [2.45, 2.75) is 51.2 Å². The van der Waals surface area contributed by atoms with Crippen molar-refractivity contribution in [3.63, 3.8) is 0 Å².